The number of carbonyl (C=O) groups is 1. The number of rotatable bonds is 8. The second-order valence-corrected chi connectivity index (χ2v) is 10.1. The van der Waals surface area contributed by atoms with E-state index in [1.807, 2.05) is 0 Å². The summed E-state index contributed by atoms with van der Waals surface area (Å²) in [6.07, 6.45) is 0. The minimum absolute atomic E-state index is 0.0684. The van der Waals surface area contributed by atoms with Crippen LogP contribution in [0, 0.1) is 0 Å². The first-order valence-corrected chi connectivity index (χ1v) is 12.5. The summed E-state index contributed by atoms with van der Waals surface area (Å²) in [5, 5.41) is 3.31. The van der Waals surface area contributed by atoms with Crippen molar-refractivity contribution < 1.29 is 22.7 Å². The van der Waals surface area contributed by atoms with Crippen LogP contribution in [0.2, 0.25) is 0 Å². The highest BCUT2D eigenvalue weighted by atomic mass is 32.2. The summed E-state index contributed by atoms with van der Waals surface area (Å²) in [6, 6.07) is 21.6. The summed E-state index contributed by atoms with van der Waals surface area (Å²) in [5.74, 6) is 0.644. The molecule has 0 atom stereocenters. The molecule has 4 aromatic rings. The van der Waals surface area contributed by atoms with Gasteiger partial charge < -0.3 is 20.5 Å². The maximum atomic E-state index is 13.6. The van der Waals surface area contributed by atoms with Crippen molar-refractivity contribution in [1.82, 2.24) is 0 Å². The summed E-state index contributed by atoms with van der Waals surface area (Å²) >= 11 is 0.977. The van der Waals surface area contributed by atoms with Crippen molar-refractivity contribution in [2.75, 3.05) is 25.3 Å². The van der Waals surface area contributed by atoms with Crippen LogP contribution >= 0.6 is 11.3 Å². The minimum atomic E-state index is -4.05. The maximum Gasteiger partial charge on any atom is 0.211 e. The van der Waals surface area contributed by atoms with Gasteiger partial charge in [-0.05, 0) is 24.3 Å². The number of hydrogen-bond donors (Lipinski definition) is 2. The van der Waals surface area contributed by atoms with Gasteiger partial charge in [-0.25, -0.2) is 8.42 Å². The van der Waals surface area contributed by atoms with Gasteiger partial charge in [0.25, 0.3) is 0 Å². The third-order valence-corrected chi connectivity index (χ3v) is 8.22. The molecule has 0 saturated carbocycles. The molecular weight excluding hydrogens is 472 g/mol. The van der Waals surface area contributed by atoms with Crippen molar-refractivity contribution in [2.24, 2.45) is 0 Å². The molecule has 0 amide bonds. The molecule has 4 rings (SSSR count). The standard InChI is InChI=1S/C25H22N2O5S2/c1-31-17-13-14-20(32-2)19(15-17)27-25-24(34(29,30)18-11-7-4-8-12-18)21(26)23(33-25)22(28)16-9-5-3-6-10-16/h3-15,27H,26H2,1-2H3. The molecule has 0 bridgehead atoms. The lowest BCUT2D eigenvalue weighted by molar-refractivity contribution is 0.104. The monoisotopic (exact) mass is 494 g/mol. The molecule has 0 radical (unpaired) electrons. The highest BCUT2D eigenvalue weighted by Crippen LogP contribution is 2.45. The smallest absolute Gasteiger partial charge is 0.211 e. The third kappa shape index (κ3) is 4.35. The fourth-order valence-electron chi connectivity index (χ4n) is 3.42. The topological polar surface area (TPSA) is 108 Å². The van der Waals surface area contributed by atoms with Crippen LogP contribution in [0.15, 0.2) is 88.7 Å². The lowest BCUT2D eigenvalue weighted by Crippen LogP contribution is -2.08. The Morgan fingerprint density at radius 1 is 0.912 bits per heavy atom. The van der Waals surface area contributed by atoms with Gasteiger partial charge in [0.1, 0.15) is 26.3 Å². The van der Waals surface area contributed by atoms with Crippen LogP contribution in [-0.4, -0.2) is 28.4 Å². The molecule has 3 aromatic carbocycles. The molecule has 0 saturated heterocycles. The van der Waals surface area contributed by atoms with E-state index < -0.39 is 9.84 Å². The van der Waals surface area contributed by atoms with E-state index in [1.54, 1.807) is 66.7 Å². The third-order valence-electron chi connectivity index (χ3n) is 5.12. The van der Waals surface area contributed by atoms with Crippen molar-refractivity contribution in [1.29, 1.82) is 0 Å². The van der Waals surface area contributed by atoms with Gasteiger partial charge >= 0.3 is 0 Å². The number of thiophene rings is 1. The summed E-state index contributed by atoms with van der Waals surface area (Å²) < 4.78 is 38.0. The zero-order chi connectivity index (χ0) is 24.3. The van der Waals surface area contributed by atoms with Gasteiger partial charge in [-0.3, -0.25) is 4.79 Å². The van der Waals surface area contributed by atoms with Crippen LogP contribution in [0.4, 0.5) is 16.4 Å². The van der Waals surface area contributed by atoms with Crippen molar-refractivity contribution in [3.8, 4) is 11.5 Å². The highest BCUT2D eigenvalue weighted by molar-refractivity contribution is 7.92. The molecule has 1 heterocycles. The number of nitrogen functional groups attached to an aromatic ring is 1. The van der Waals surface area contributed by atoms with Crippen molar-refractivity contribution in [2.45, 2.75) is 9.79 Å². The molecule has 174 valence electrons. The first-order chi connectivity index (χ1) is 16.4. The van der Waals surface area contributed by atoms with Crippen molar-refractivity contribution in [3.05, 3.63) is 89.3 Å². The Balaban J connectivity index is 1.91. The maximum absolute atomic E-state index is 13.6. The molecule has 3 N–H and O–H groups in total. The van der Waals surface area contributed by atoms with E-state index in [1.165, 1.54) is 26.4 Å². The predicted octanol–water partition coefficient (Wildman–Crippen LogP) is 5.15. The van der Waals surface area contributed by atoms with E-state index in [0.29, 0.717) is 22.7 Å². The largest absolute Gasteiger partial charge is 0.497 e. The fourth-order valence-corrected chi connectivity index (χ4v) is 6.37. The average Bonchev–Trinajstić information content (AvgIpc) is 3.20. The molecule has 0 aliphatic rings. The van der Waals surface area contributed by atoms with E-state index in [0.717, 1.165) is 11.3 Å². The average molecular weight is 495 g/mol. The first-order valence-electron chi connectivity index (χ1n) is 10.2. The number of benzene rings is 3. The van der Waals surface area contributed by atoms with Gasteiger partial charge in [0, 0.05) is 11.6 Å². The second-order valence-electron chi connectivity index (χ2n) is 7.21. The van der Waals surface area contributed by atoms with E-state index in [4.69, 9.17) is 15.2 Å². The molecular formula is C25H22N2O5S2. The number of carbonyl (C=O) groups excluding carboxylic acids is 1. The summed E-state index contributed by atoms with van der Waals surface area (Å²) in [5.41, 5.74) is 7.13. The Kier molecular flexibility index (Phi) is 6.58. The molecule has 9 heteroatoms. The van der Waals surface area contributed by atoms with E-state index >= 15 is 0 Å². The van der Waals surface area contributed by atoms with Crippen LogP contribution in [-0.2, 0) is 9.84 Å². The number of hydrogen-bond acceptors (Lipinski definition) is 8. The van der Waals surface area contributed by atoms with Crippen LogP contribution < -0.4 is 20.5 Å². The van der Waals surface area contributed by atoms with Crippen LogP contribution in [0.5, 0.6) is 11.5 Å². The number of sulfone groups is 1. The van der Waals surface area contributed by atoms with Crippen LogP contribution in [0.25, 0.3) is 0 Å². The Labute approximate surface area is 201 Å². The lowest BCUT2D eigenvalue weighted by atomic mass is 10.1. The molecule has 1 aromatic heterocycles. The normalized spacial score (nSPS) is 11.1. The minimum Gasteiger partial charge on any atom is -0.497 e. The molecule has 0 spiro atoms. The SMILES string of the molecule is COc1ccc(OC)c(Nc2sc(C(=O)c3ccccc3)c(N)c2S(=O)(=O)c2ccccc2)c1. The van der Waals surface area contributed by atoms with Gasteiger partial charge in [-0.15, -0.1) is 11.3 Å². The summed E-state index contributed by atoms with van der Waals surface area (Å²) in [7, 11) is -1.03. The molecule has 0 fully saturated rings. The lowest BCUT2D eigenvalue weighted by Gasteiger charge is -2.13. The van der Waals surface area contributed by atoms with Gasteiger partial charge in [-0.1, -0.05) is 48.5 Å². The highest BCUT2D eigenvalue weighted by Gasteiger charge is 2.32. The second kappa shape index (κ2) is 9.58. The molecule has 0 aliphatic carbocycles. The zero-order valence-electron chi connectivity index (χ0n) is 18.4. The van der Waals surface area contributed by atoms with E-state index in [9.17, 15) is 13.2 Å². The number of nitrogens with two attached hydrogens (primary N) is 1. The Bertz CT molecular complexity index is 1430. The number of ketones is 1. The molecule has 34 heavy (non-hydrogen) atoms. The van der Waals surface area contributed by atoms with Crippen LogP contribution in [0.1, 0.15) is 15.2 Å². The molecule has 7 nitrogen and oxygen atoms in total. The molecule has 0 aliphatic heterocycles. The summed E-state index contributed by atoms with van der Waals surface area (Å²) in [4.78, 5) is 13.3. The Morgan fingerprint density at radius 3 is 2.18 bits per heavy atom. The van der Waals surface area contributed by atoms with Gasteiger partial charge in [0.15, 0.2) is 0 Å². The predicted molar refractivity (Wildman–Crippen MR) is 133 cm³/mol. The van der Waals surface area contributed by atoms with Crippen LogP contribution in [0.3, 0.4) is 0 Å². The fraction of sp³-hybridized carbons (Fsp3) is 0.0800. The molecule has 0 unspecified atom stereocenters. The van der Waals surface area contributed by atoms with Gasteiger partial charge in [0.05, 0.1) is 30.5 Å². The quantitative estimate of drug-likeness (QED) is 0.326. The number of anilines is 3. The van der Waals surface area contributed by atoms with Crippen molar-refractivity contribution >= 4 is 43.3 Å². The van der Waals surface area contributed by atoms with Gasteiger partial charge in [0.2, 0.25) is 15.6 Å². The summed E-state index contributed by atoms with van der Waals surface area (Å²) in [6.45, 7) is 0. The van der Waals surface area contributed by atoms with E-state index in [2.05, 4.69) is 5.32 Å². The Hall–Kier alpha value is -3.82. The van der Waals surface area contributed by atoms with Gasteiger partial charge in [-0.2, -0.15) is 0 Å². The zero-order valence-corrected chi connectivity index (χ0v) is 20.1. The van der Waals surface area contributed by atoms with Crippen molar-refractivity contribution in [3.63, 3.8) is 0 Å². The number of methoxy groups -OCH3 is 2. The number of ether oxygens (including phenoxy) is 2. The van der Waals surface area contributed by atoms with E-state index in [-0.39, 0.29) is 31.1 Å². The Morgan fingerprint density at radius 2 is 1.56 bits per heavy atom. The number of nitrogens with one attached hydrogen (secondary N) is 1. The first kappa shape index (κ1) is 23.3.